The summed E-state index contributed by atoms with van der Waals surface area (Å²) in [6, 6.07) is 8.07. The van der Waals surface area contributed by atoms with Crippen LogP contribution in [0.4, 0.5) is 11.0 Å². The Hall–Kier alpha value is -2.98. The number of amides is 1. The fourth-order valence-corrected chi connectivity index (χ4v) is 3.94. The van der Waals surface area contributed by atoms with E-state index in [1.807, 2.05) is 32.0 Å². The fourth-order valence-electron chi connectivity index (χ4n) is 2.93. The van der Waals surface area contributed by atoms with E-state index in [0.29, 0.717) is 29.5 Å². The van der Waals surface area contributed by atoms with Crippen molar-refractivity contribution in [3.63, 3.8) is 0 Å². The van der Waals surface area contributed by atoms with Gasteiger partial charge in [0.15, 0.2) is 10.9 Å². The molecule has 0 fully saturated rings. The number of carbonyl (C=O) groups excluding carboxylic acids is 1. The van der Waals surface area contributed by atoms with Crippen molar-refractivity contribution in [1.29, 1.82) is 0 Å². The van der Waals surface area contributed by atoms with Crippen LogP contribution in [0.5, 0.6) is 5.75 Å². The number of likely N-dealkylation sites (N-methyl/N-ethyl adjacent to an activating group) is 1. The second-order valence-electron chi connectivity index (χ2n) is 6.18. The summed E-state index contributed by atoms with van der Waals surface area (Å²) < 4.78 is 11.4. The van der Waals surface area contributed by atoms with Gasteiger partial charge in [0, 0.05) is 13.1 Å². The van der Waals surface area contributed by atoms with Gasteiger partial charge in [-0.05, 0) is 31.3 Å². The number of nitrogens with zero attached hydrogens (tertiary/aromatic N) is 4. The van der Waals surface area contributed by atoms with Gasteiger partial charge in [0.2, 0.25) is 0 Å². The van der Waals surface area contributed by atoms with Crippen molar-refractivity contribution >= 4 is 38.5 Å². The van der Waals surface area contributed by atoms with Crippen molar-refractivity contribution in [3.8, 4) is 5.75 Å². The second kappa shape index (κ2) is 9.01. The van der Waals surface area contributed by atoms with E-state index in [2.05, 4.69) is 9.88 Å². The number of rotatable bonds is 9. The Morgan fingerprint density at radius 1 is 1.24 bits per heavy atom. The number of methoxy groups -OCH3 is 1. The van der Waals surface area contributed by atoms with Crippen LogP contribution in [-0.4, -0.2) is 54.0 Å². The average Bonchev–Trinajstić information content (AvgIpc) is 3.38. The lowest BCUT2D eigenvalue weighted by Gasteiger charge is -2.23. The normalized spacial score (nSPS) is 11.2. The largest absolute Gasteiger partial charge is 0.494 e. The summed E-state index contributed by atoms with van der Waals surface area (Å²) in [7, 11) is 1.57. The van der Waals surface area contributed by atoms with Crippen LogP contribution in [-0.2, 0) is 0 Å². The Morgan fingerprint density at radius 2 is 2.00 bits per heavy atom. The molecule has 0 unspecified atom stereocenters. The number of furan rings is 1. The summed E-state index contributed by atoms with van der Waals surface area (Å²) in [5, 5.41) is 11.4. The highest BCUT2D eigenvalue weighted by Crippen LogP contribution is 2.34. The molecule has 154 valence electrons. The minimum absolute atomic E-state index is 0.0949. The van der Waals surface area contributed by atoms with Crippen molar-refractivity contribution in [1.82, 2.24) is 9.88 Å². The molecule has 0 atom stereocenters. The first-order valence-corrected chi connectivity index (χ1v) is 10.0. The molecule has 1 aromatic carbocycles. The number of hydrogen-bond donors (Lipinski definition) is 0. The first-order chi connectivity index (χ1) is 14.0. The number of thiazole rings is 1. The monoisotopic (exact) mass is 418 g/mol. The SMILES string of the molecule is CCN(CC)CCN(C(=O)c1ccc([N+](=O)[O-])o1)c1nc2c(OC)cccc2s1. The van der Waals surface area contributed by atoms with Crippen LogP contribution in [0.1, 0.15) is 24.4 Å². The highest BCUT2D eigenvalue weighted by atomic mass is 32.1. The molecular weight excluding hydrogens is 396 g/mol. The maximum atomic E-state index is 13.1. The number of benzene rings is 1. The molecule has 2 aromatic heterocycles. The van der Waals surface area contributed by atoms with Crippen LogP contribution < -0.4 is 9.64 Å². The molecule has 2 heterocycles. The number of ether oxygens (including phenoxy) is 1. The van der Waals surface area contributed by atoms with Crippen LogP contribution in [0.3, 0.4) is 0 Å². The molecule has 29 heavy (non-hydrogen) atoms. The number of hydrogen-bond acceptors (Lipinski definition) is 8. The van der Waals surface area contributed by atoms with Gasteiger partial charge < -0.3 is 14.1 Å². The number of nitro groups is 1. The summed E-state index contributed by atoms with van der Waals surface area (Å²) in [5.41, 5.74) is 0.668. The summed E-state index contributed by atoms with van der Waals surface area (Å²) in [5.74, 6) is -0.413. The number of carbonyl (C=O) groups is 1. The van der Waals surface area contributed by atoms with E-state index in [4.69, 9.17) is 9.15 Å². The Labute approximate surface area is 171 Å². The molecule has 0 saturated heterocycles. The molecule has 0 N–H and O–H groups in total. The Balaban J connectivity index is 1.98. The van der Waals surface area contributed by atoms with Gasteiger partial charge in [0.1, 0.15) is 16.2 Å². The van der Waals surface area contributed by atoms with E-state index in [1.54, 1.807) is 7.11 Å². The van der Waals surface area contributed by atoms with E-state index in [1.165, 1.54) is 28.4 Å². The quantitative estimate of drug-likeness (QED) is 0.385. The first kappa shape index (κ1) is 20.7. The third-order valence-corrected chi connectivity index (χ3v) is 5.63. The van der Waals surface area contributed by atoms with E-state index in [0.717, 1.165) is 17.8 Å². The number of aromatic nitrogens is 1. The molecule has 0 aliphatic rings. The van der Waals surface area contributed by atoms with Gasteiger partial charge in [0.25, 0.3) is 5.91 Å². The molecule has 0 radical (unpaired) electrons. The lowest BCUT2D eigenvalue weighted by Crippen LogP contribution is -2.38. The molecule has 0 aliphatic heterocycles. The minimum Gasteiger partial charge on any atom is -0.494 e. The second-order valence-corrected chi connectivity index (χ2v) is 7.19. The number of fused-ring (bicyclic) bond motifs is 1. The molecule has 0 spiro atoms. The lowest BCUT2D eigenvalue weighted by molar-refractivity contribution is -0.402. The third-order valence-electron chi connectivity index (χ3n) is 4.58. The van der Waals surface area contributed by atoms with Crippen LogP contribution in [0.25, 0.3) is 10.2 Å². The summed E-state index contributed by atoms with van der Waals surface area (Å²) in [4.78, 5) is 31.7. The highest BCUT2D eigenvalue weighted by Gasteiger charge is 2.26. The van der Waals surface area contributed by atoms with Gasteiger partial charge in [0.05, 0.1) is 17.9 Å². The summed E-state index contributed by atoms with van der Waals surface area (Å²) in [6.45, 7) is 6.80. The van der Waals surface area contributed by atoms with Gasteiger partial charge in [-0.2, -0.15) is 0 Å². The molecular formula is C19H22N4O5S. The topological polar surface area (TPSA) is 102 Å². The van der Waals surface area contributed by atoms with Crippen LogP contribution in [0.15, 0.2) is 34.7 Å². The fraction of sp³-hybridized carbons (Fsp3) is 0.368. The van der Waals surface area contributed by atoms with Gasteiger partial charge in [-0.15, -0.1) is 0 Å². The van der Waals surface area contributed by atoms with E-state index in [9.17, 15) is 14.9 Å². The molecule has 3 rings (SSSR count). The zero-order valence-corrected chi connectivity index (χ0v) is 17.3. The van der Waals surface area contributed by atoms with Crippen molar-refractivity contribution in [3.05, 3.63) is 46.2 Å². The van der Waals surface area contributed by atoms with Crippen molar-refractivity contribution < 1.29 is 18.9 Å². The lowest BCUT2D eigenvalue weighted by atomic mass is 10.3. The van der Waals surface area contributed by atoms with Crippen LogP contribution in [0, 0.1) is 10.1 Å². The van der Waals surface area contributed by atoms with Crippen LogP contribution >= 0.6 is 11.3 Å². The zero-order valence-electron chi connectivity index (χ0n) is 16.5. The van der Waals surface area contributed by atoms with E-state index in [-0.39, 0.29) is 5.76 Å². The predicted molar refractivity (Wildman–Crippen MR) is 111 cm³/mol. The molecule has 10 heteroatoms. The average molecular weight is 418 g/mol. The minimum atomic E-state index is -0.667. The molecule has 0 saturated carbocycles. The van der Waals surface area contributed by atoms with Gasteiger partial charge in [-0.25, -0.2) is 4.98 Å². The Kier molecular flexibility index (Phi) is 6.45. The van der Waals surface area contributed by atoms with Crippen molar-refractivity contribution in [2.45, 2.75) is 13.8 Å². The Morgan fingerprint density at radius 3 is 2.62 bits per heavy atom. The number of anilines is 1. The smallest absolute Gasteiger partial charge is 0.433 e. The maximum Gasteiger partial charge on any atom is 0.433 e. The first-order valence-electron chi connectivity index (χ1n) is 9.20. The third kappa shape index (κ3) is 4.38. The summed E-state index contributed by atoms with van der Waals surface area (Å²) in [6.07, 6.45) is 0. The van der Waals surface area contributed by atoms with Gasteiger partial charge in [-0.1, -0.05) is 31.3 Å². The van der Waals surface area contributed by atoms with E-state index >= 15 is 0 Å². The summed E-state index contributed by atoms with van der Waals surface area (Å²) >= 11 is 1.36. The Bertz CT molecular complexity index is 1010. The zero-order chi connectivity index (χ0) is 21.0. The molecule has 9 nitrogen and oxygen atoms in total. The van der Waals surface area contributed by atoms with Gasteiger partial charge in [-0.3, -0.25) is 19.8 Å². The maximum absolute atomic E-state index is 13.1. The van der Waals surface area contributed by atoms with Crippen LogP contribution in [0.2, 0.25) is 0 Å². The van der Waals surface area contributed by atoms with Gasteiger partial charge >= 0.3 is 5.88 Å². The van der Waals surface area contributed by atoms with Crippen molar-refractivity contribution in [2.75, 3.05) is 38.2 Å². The van der Waals surface area contributed by atoms with Crippen molar-refractivity contribution in [2.24, 2.45) is 0 Å². The van der Waals surface area contributed by atoms with E-state index < -0.39 is 16.7 Å². The predicted octanol–water partition coefficient (Wildman–Crippen LogP) is 3.79. The standard InChI is InChI=1S/C19H22N4O5S/c1-4-21(5-2)11-12-22(18(24)14-9-10-16(28-14)23(25)26)19-20-17-13(27-3)7-6-8-15(17)29-19/h6-10H,4-5,11-12H2,1-3H3. The molecule has 3 aromatic rings. The molecule has 0 aliphatic carbocycles. The number of para-hydroxylation sites is 1. The molecule has 0 bridgehead atoms. The molecule has 1 amide bonds. The highest BCUT2D eigenvalue weighted by molar-refractivity contribution is 7.22.